The van der Waals surface area contributed by atoms with Gasteiger partial charge in [0.15, 0.2) is 0 Å². The number of rotatable bonds is 3. The Morgan fingerprint density at radius 2 is 2.10 bits per heavy atom. The van der Waals surface area contributed by atoms with Gasteiger partial charge in [0.1, 0.15) is 10.7 Å². The lowest BCUT2D eigenvalue weighted by molar-refractivity contribution is 0.190. The van der Waals surface area contributed by atoms with Crippen LogP contribution in [0.3, 0.4) is 0 Å². The van der Waals surface area contributed by atoms with Crippen molar-refractivity contribution in [3.8, 4) is 0 Å². The van der Waals surface area contributed by atoms with Crippen LogP contribution in [0.1, 0.15) is 12.8 Å². The Kier molecular flexibility index (Phi) is 4.31. The number of hydrogen-bond donors (Lipinski definition) is 1. The number of likely N-dealkylation sites (N-methyl/N-ethyl adjacent to an activating group) is 1. The first-order chi connectivity index (χ1) is 9.32. The molecule has 112 valence electrons. The fourth-order valence-corrected chi connectivity index (χ4v) is 4.07. The topological polar surface area (TPSA) is 66.6 Å². The van der Waals surface area contributed by atoms with Gasteiger partial charge in [0.05, 0.1) is 5.69 Å². The molecule has 0 aliphatic carbocycles. The van der Waals surface area contributed by atoms with E-state index in [1.165, 1.54) is 10.4 Å². The number of piperidine rings is 1. The zero-order valence-electron chi connectivity index (χ0n) is 11.7. The van der Waals surface area contributed by atoms with Crippen LogP contribution in [0.4, 0.5) is 10.1 Å². The third-order valence-corrected chi connectivity index (χ3v) is 5.60. The second kappa shape index (κ2) is 5.67. The largest absolute Gasteiger partial charge is 0.398 e. The summed E-state index contributed by atoms with van der Waals surface area (Å²) in [5.74, 6) is -0.598. The average Bonchev–Trinajstić information content (AvgIpc) is 2.41. The molecule has 0 bridgehead atoms. The minimum absolute atomic E-state index is 0.0818. The van der Waals surface area contributed by atoms with Gasteiger partial charge < -0.3 is 10.6 Å². The van der Waals surface area contributed by atoms with Crippen LogP contribution < -0.4 is 5.73 Å². The highest BCUT2D eigenvalue weighted by atomic mass is 32.2. The van der Waals surface area contributed by atoms with Gasteiger partial charge in [-0.25, -0.2) is 12.8 Å². The molecule has 1 aromatic rings. The van der Waals surface area contributed by atoms with Crippen molar-refractivity contribution in [2.24, 2.45) is 0 Å². The molecule has 5 nitrogen and oxygen atoms in total. The maximum atomic E-state index is 13.3. The highest BCUT2D eigenvalue weighted by Gasteiger charge is 2.32. The van der Waals surface area contributed by atoms with Gasteiger partial charge in [-0.1, -0.05) is 0 Å². The molecule has 1 unspecified atom stereocenters. The van der Waals surface area contributed by atoms with Crippen molar-refractivity contribution in [2.75, 3.05) is 32.9 Å². The van der Waals surface area contributed by atoms with Gasteiger partial charge in [-0.3, -0.25) is 0 Å². The number of nitrogens with two attached hydrogens (primary N) is 1. The third-order valence-electron chi connectivity index (χ3n) is 3.68. The lowest BCUT2D eigenvalue weighted by Crippen LogP contribution is -2.47. The summed E-state index contributed by atoms with van der Waals surface area (Å²) in [6.45, 7) is 0.855. The van der Waals surface area contributed by atoms with Gasteiger partial charge in [0.25, 0.3) is 0 Å². The van der Waals surface area contributed by atoms with Gasteiger partial charge in [0, 0.05) is 19.1 Å². The SMILES string of the molecule is CN(C)C1CCCN(S(=O)(=O)c2cc(F)ccc2N)C1. The Bertz CT molecular complexity index is 589. The molecule has 1 saturated heterocycles. The second-order valence-electron chi connectivity index (χ2n) is 5.30. The molecular weight excluding hydrogens is 281 g/mol. The van der Waals surface area contributed by atoms with E-state index in [1.807, 2.05) is 19.0 Å². The van der Waals surface area contributed by atoms with Crippen molar-refractivity contribution in [3.05, 3.63) is 24.0 Å². The van der Waals surface area contributed by atoms with Crippen LogP contribution in [-0.4, -0.2) is 50.8 Å². The molecule has 0 saturated carbocycles. The van der Waals surface area contributed by atoms with E-state index in [0.717, 1.165) is 25.0 Å². The fourth-order valence-electron chi connectivity index (χ4n) is 2.43. The van der Waals surface area contributed by atoms with E-state index < -0.39 is 15.8 Å². The minimum Gasteiger partial charge on any atom is -0.398 e. The first-order valence-corrected chi connectivity index (χ1v) is 7.98. The van der Waals surface area contributed by atoms with E-state index in [2.05, 4.69) is 0 Å². The van der Waals surface area contributed by atoms with Gasteiger partial charge in [0.2, 0.25) is 10.0 Å². The molecule has 7 heteroatoms. The van der Waals surface area contributed by atoms with E-state index in [9.17, 15) is 12.8 Å². The van der Waals surface area contributed by atoms with E-state index in [-0.39, 0.29) is 16.6 Å². The number of hydrogen-bond acceptors (Lipinski definition) is 4. The Hall–Kier alpha value is -1.18. The zero-order valence-corrected chi connectivity index (χ0v) is 12.5. The summed E-state index contributed by atoms with van der Waals surface area (Å²) in [6, 6.07) is 3.61. The highest BCUT2D eigenvalue weighted by Crippen LogP contribution is 2.26. The van der Waals surface area contributed by atoms with Gasteiger partial charge in [-0.2, -0.15) is 4.31 Å². The maximum Gasteiger partial charge on any atom is 0.245 e. The van der Waals surface area contributed by atoms with Gasteiger partial charge >= 0.3 is 0 Å². The summed E-state index contributed by atoms with van der Waals surface area (Å²) >= 11 is 0. The monoisotopic (exact) mass is 301 g/mol. The molecule has 2 rings (SSSR count). The second-order valence-corrected chi connectivity index (χ2v) is 7.21. The number of anilines is 1. The van der Waals surface area contributed by atoms with Crippen LogP contribution in [0.25, 0.3) is 0 Å². The summed E-state index contributed by atoms with van der Waals surface area (Å²) in [4.78, 5) is 1.87. The predicted molar refractivity (Wildman–Crippen MR) is 76.3 cm³/mol. The van der Waals surface area contributed by atoms with Crippen molar-refractivity contribution in [3.63, 3.8) is 0 Å². The van der Waals surface area contributed by atoms with Gasteiger partial charge in [-0.05, 0) is 45.1 Å². The quantitative estimate of drug-likeness (QED) is 0.850. The minimum atomic E-state index is -3.74. The smallest absolute Gasteiger partial charge is 0.245 e. The molecule has 1 heterocycles. The van der Waals surface area contributed by atoms with Crippen LogP contribution >= 0.6 is 0 Å². The normalized spacial score (nSPS) is 21.3. The summed E-state index contributed by atoms with van der Waals surface area (Å²) in [5, 5.41) is 0. The van der Waals surface area contributed by atoms with Crippen LogP contribution in [0.5, 0.6) is 0 Å². The number of benzene rings is 1. The zero-order chi connectivity index (χ0) is 14.9. The Morgan fingerprint density at radius 1 is 1.40 bits per heavy atom. The molecule has 1 fully saturated rings. The standard InChI is InChI=1S/C13H20FN3O2S/c1-16(2)11-4-3-7-17(9-11)20(18,19)13-8-10(14)5-6-12(13)15/h5-6,8,11H,3-4,7,9,15H2,1-2H3. The molecule has 0 radical (unpaired) electrons. The van der Waals surface area contributed by atoms with Crippen molar-refractivity contribution < 1.29 is 12.8 Å². The van der Waals surface area contributed by atoms with E-state index in [0.29, 0.717) is 13.1 Å². The summed E-state index contributed by atoms with van der Waals surface area (Å²) in [5.41, 5.74) is 5.78. The first-order valence-electron chi connectivity index (χ1n) is 6.54. The molecular formula is C13H20FN3O2S. The average molecular weight is 301 g/mol. The van der Waals surface area contributed by atoms with Crippen molar-refractivity contribution in [1.82, 2.24) is 9.21 Å². The number of nitrogens with zero attached hydrogens (tertiary/aromatic N) is 2. The Labute approximate surface area is 119 Å². The van der Waals surface area contributed by atoms with Crippen LogP contribution in [-0.2, 0) is 10.0 Å². The number of nitrogen functional groups attached to an aromatic ring is 1. The molecule has 1 aromatic carbocycles. The molecule has 1 aliphatic rings. The molecule has 1 aliphatic heterocycles. The predicted octanol–water partition coefficient (Wildman–Crippen LogP) is 1.12. The van der Waals surface area contributed by atoms with Crippen LogP contribution in [0.2, 0.25) is 0 Å². The molecule has 0 amide bonds. The highest BCUT2D eigenvalue weighted by molar-refractivity contribution is 7.89. The van der Waals surface area contributed by atoms with E-state index in [4.69, 9.17) is 5.73 Å². The number of sulfonamides is 1. The lowest BCUT2D eigenvalue weighted by atomic mass is 10.1. The molecule has 0 aromatic heterocycles. The molecule has 0 spiro atoms. The Morgan fingerprint density at radius 3 is 2.75 bits per heavy atom. The number of halogens is 1. The fraction of sp³-hybridized carbons (Fsp3) is 0.538. The van der Waals surface area contributed by atoms with E-state index in [1.54, 1.807) is 0 Å². The van der Waals surface area contributed by atoms with Crippen molar-refractivity contribution in [2.45, 2.75) is 23.8 Å². The summed E-state index contributed by atoms with van der Waals surface area (Å²) in [7, 11) is 0.116. The Balaban J connectivity index is 2.32. The van der Waals surface area contributed by atoms with Gasteiger partial charge in [-0.15, -0.1) is 0 Å². The van der Waals surface area contributed by atoms with Crippen LogP contribution in [0, 0.1) is 5.82 Å². The summed E-state index contributed by atoms with van der Waals surface area (Å²) < 4.78 is 39.9. The molecule has 2 N–H and O–H groups in total. The summed E-state index contributed by atoms with van der Waals surface area (Å²) in [6.07, 6.45) is 1.74. The molecule has 1 atom stereocenters. The van der Waals surface area contributed by atoms with Crippen molar-refractivity contribution >= 4 is 15.7 Å². The van der Waals surface area contributed by atoms with E-state index >= 15 is 0 Å². The third kappa shape index (κ3) is 2.94. The lowest BCUT2D eigenvalue weighted by Gasteiger charge is -2.35. The first kappa shape index (κ1) is 15.2. The molecule has 20 heavy (non-hydrogen) atoms. The van der Waals surface area contributed by atoms with Crippen LogP contribution in [0.15, 0.2) is 23.1 Å². The maximum absolute atomic E-state index is 13.3. The van der Waals surface area contributed by atoms with Crippen molar-refractivity contribution in [1.29, 1.82) is 0 Å².